The van der Waals surface area contributed by atoms with Crippen molar-refractivity contribution in [3.63, 3.8) is 0 Å². The molecule has 2 aromatic rings. The van der Waals surface area contributed by atoms with Gasteiger partial charge in [0.25, 0.3) is 0 Å². The van der Waals surface area contributed by atoms with Crippen LogP contribution >= 0.6 is 11.3 Å². The average molecular weight is 295 g/mol. The molecule has 0 aliphatic carbocycles. The molecule has 1 unspecified atom stereocenters. The van der Waals surface area contributed by atoms with Crippen LogP contribution in [0.3, 0.4) is 0 Å². The molecule has 0 aromatic carbocycles. The highest BCUT2D eigenvalue weighted by Gasteiger charge is 2.21. The predicted molar refractivity (Wildman–Crippen MR) is 78.5 cm³/mol. The highest BCUT2D eigenvalue weighted by atomic mass is 32.1. The number of thiophene rings is 1. The van der Waals surface area contributed by atoms with Gasteiger partial charge in [-0.2, -0.15) is 0 Å². The van der Waals surface area contributed by atoms with Gasteiger partial charge in [-0.3, -0.25) is 0 Å². The third-order valence-corrected chi connectivity index (χ3v) is 4.51. The first-order valence-corrected chi connectivity index (χ1v) is 7.11. The van der Waals surface area contributed by atoms with Crippen molar-refractivity contribution in [1.29, 1.82) is 0 Å². The molecule has 0 radical (unpaired) electrons. The van der Waals surface area contributed by atoms with Crippen molar-refractivity contribution in [2.24, 2.45) is 0 Å². The van der Waals surface area contributed by atoms with Crippen LogP contribution in [0.1, 0.15) is 35.5 Å². The molecule has 0 saturated carbocycles. The van der Waals surface area contributed by atoms with Gasteiger partial charge in [-0.1, -0.05) is 6.92 Å². The van der Waals surface area contributed by atoms with Crippen LogP contribution in [0.25, 0.3) is 10.2 Å². The van der Waals surface area contributed by atoms with Crippen molar-refractivity contribution in [2.45, 2.75) is 32.8 Å². The summed E-state index contributed by atoms with van der Waals surface area (Å²) in [5.74, 6) is -0.401. The maximum atomic E-state index is 11.2. The molecule has 0 aliphatic rings. The summed E-state index contributed by atoms with van der Waals surface area (Å²) in [5.41, 5.74) is -0.187. The zero-order valence-electron chi connectivity index (χ0n) is 11.6. The summed E-state index contributed by atoms with van der Waals surface area (Å²) in [7, 11) is 0. The van der Waals surface area contributed by atoms with Gasteiger partial charge >= 0.3 is 5.97 Å². The molecule has 2 heterocycles. The van der Waals surface area contributed by atoms with Gasteiger partial charge in [-0.15, -0.1) is 11.3 Å². The summed E-state index contributed by atoms with van der Waals surface area (Å²) in [6, 6.07) is 0. The Morgan fingerprint density at radius 3 is 2.80 bits per heavy atom. The SMILES string of the molecule is CCC(C)(O)CNc1ncnc2sc(C(=O)O)c(C)c12. The van der Waals surface area contributed by atoms with E-state index in [1.54, 1.807) is 13.8 Å². The van der Waals surface area contributed by atoms with Gasteiger partial charge in [-0.05, 0) is 25.8 Å². The Balaban J connectivity index is 2.42. The number of aromatic nitrogens is 2. The minimum atomic E-state index is -0.961. The Hall–Kier alpha value is -1.73. The monoisotopic (exact) mass is 295 g/mol. The highest BCUT2D eigenvalue weighted by Crippen LogP contribution is 2.33. The van der Waals surface area contributed by atoms with E-state index in [1.807, 2.05) is 6.92 Å². The number of hydrogen-bond acceptors (Lipinski definition) is 6. The summed E-state index contributed by atoms with van der Waals surface area (Å²) >= 11 is 1.13. The Morgan fingerprint density at radius 2 is 2.20 bits per heavy atom. The fourth-order valence-electron chi connectivity index (χ4n) is 1.81. The molecule has 6 nitrogen and oxygen atoms in total. The minimum Gasteiger partial charge on any atom is -0.477 e. The molecule has 0 bridgehead atoms. The number of anilines is 1. The van der Waals surface area contributed by atoms with E-state index in [0.29, 0.717) is 34.6 Å². The van der Waals surface area contributed by atoms with Crippen molar-refractivity contribution < 1.29 is 15.0 Å². The largest absolute Gasteiger partial charge is 0.477 e. The average Bonchev–Trinajstić information content (AvgIpc) is 2.75. The van der Waals surface area contributed by atoms with E-state index in [4.69, 9.17) is 5.11 Å². The van der Waals surface area contributed by atoms with Crippen LogP contribution < -0.4 is 5.32 Å². The lowest BCUT2D eigenvalue weighted by Gasteiger charge is -2.22. The van der Waals surface area contributed by atoms with Gasteiger partial charge in [0.15, 0.2) is 0 Å². The molecule has 108 valence electrons. The number of carbonyl (C=O) groups is 1. The molecule has 0 amide bonds. The van der Waals surface area contributed by atoms with Crippen LogP contribution in [-0.4, -0.2) is 38.3 Å². The van der Waals surface area contributed by atoms with E-state index in [2.05, 4.69) is 15.3 Å². The lowest BCUT2D eigenvalue weighted by Crippen LogP contribution is -2.32. The van der Waals surface area contributed by atoms with E-state index < -0.39 is 11.6 Å². The van der Waals surface area contributed by atoms with E-state index in [0.717, 1.165) is 11.3 Å². The highest BCUT2D eigenvalue weighted by molar-refractivity contribution is 7.20. The summed E-state index contributed by atoms with van der Waals surface area (Å²) < 4.78 is 0. The quantitative estimate of drug-likeness (QED) is 0.783. The number of nitrogens with zero attached hydrogens (tertiary/aromatic N) is 2. The topological polar surface area (TPSA) is 95.3 Å². The third-order valence-electron chi connectivity index (χ3n) is 3.32. The molecule has 0 spiro atoms. The van der Waals surface area contributed by atoms with Crippen molar-refractivity contribution in [3.8, 4) is 0 Å². The number of aryl methyl sites for hydroxylation is 1. The van der Waals surface area contributed by atoms with Crippen molar-refractivity contribution in [2.75, 3.05) is 11.9 Å². The standard InChI is InChI=1S/C13H17N3O3S/c1-4-13(3,19)5-14-10-8-7(2)9(12(17)18)20-11(8)16-6-15-10/h6,19H,4-5H2,1-3H3,(H,17,18)(H,14,15,16). The number of aromatic carboxylic acids is 1. The van der Waals surface area contributed by atoms with Crippen LogP contribution in [-0.2, 0) is 0 Å². The van der Waals surface area contributed by atoms with Crippen LogP contribution in [0.5, 0.6) is 0 Å². The van der Waals surface area contributed by atoms with Crippen molar-refractivity contribution in [1.82, 2.24) is 9.97 Å². The minimum absolute atomic E-state index is 0.269. The number of carboxylic acids is 1. The number of nitrogens with one attached hydrogen (secondary N) is 1. The lowest BCUT2D eigenvalue weighted by atomic mass is 10.0. The molecule has 2 rings (SSSR count). The number of rotatable bonds is 5. The van der Waals surface area contributed by atoms with Gasteiger partial charge < -0.3 is 15.5 Å². The van der Waals surface area contributed by atoms with Crippen molar-refractivity contribution in [3.05, 3.63) is 16.8 Å². The summed E-state index contributed by atoms with van der Waals surface area (Å²) in [6.07, 6.45) is 2.00. The number of hydrogen-bond donors (Lipinski definition) is 3. The molecular weight excluding hydrogens is 278 g/mol. The zero-order valence-corrected chi connectivity index (χ0v) is 12.4. The summed E-state index contributed by atoms with van der Waals surface area (Å²) in [6.45, 7) is 5.72. The maximum absolute atomic E-state index is 11.2. The second-order valence-electron chi connectivity index (χ2n) is 4.97. The first-order valence-electron chi connectivity index (χ1n) is 6.29. The Morgan fingerprint density at radius 1 is 1.50 bits per heavy atom. The van der Waals surface area contributed by atoms with Crippen LogP contribution in [0.2, 0.25) is 0 Å². The molecule has 0 fully saturated rings. The maximum Gasteiger partial charge on any atom is 0.346 e. The van der Waals surface area contributed by atoms with Gasteiger partial charge in [0.1, 0.15) is 21.9 Å². The van der Waals surface area contributed by atoms with E-state index >= 15 is 0 Å². The molecular formula is C13H17N3O3S. The van der Waals surface area contributed by atoms with Crippen molar-refractivity contribution >= 4 is 33.3 Å². The summed E-state index contributed by atoms with van der Waals surface area (Å²) in [5, 5.41) is 23.0. The fraction of sp³-hybridized carbons (Fsp3) is 0.462. The zero-order chi connectivity index (χ0) is 14.9. The third kappa shape index (κ3) is 2.73. The molecule has 0 saturated heterocycles. The lowest BCUT2D eigenvalue weighted by molar-refractivity contribution is 0.0691. The van der Waals surface area contributed by atoms with Crippen LogP contribution in [0, 0.1) is 6.92 Å². The molecule has 20 heavy (non-hydrogen) atoms. The van der Waals surface area contributed by atoms with Gasteiger partial charge in [0.05, 0.1) is 11.0 Å². The predicted octanol–water partition coefficient (Wildman–Crippen LogP) is 2.27. The number of aliphatic hydroxyl groups is 1. The van der Waals surface area contributed by atoms with E-state index in [9.17, 15) is 9.90 Å². The second kappa shape index (κ2) is 5.34. The fourth-order valence-corrected chi connectivity index (χ4v) is 2.80. The first-order chi connectivity index (χ1) is 9.35. The van der Waals surface area contributed by atoms with Gasteiger partial charge in [0.2, 0.25) is 0 Å². The molecule has 7 heteroatoms. The van der Waals surface area contributed by atoms with E-state index in [-0.39, 0.29) is 4.88 Å². The van der Waals surface area contributed by atoms with Crippen LogP contribution in [0.15, 0.2) is 6.33 Å². The molecule has 3 N–H and O–H groups in total. The van der Waals surface area contributed by atoms with Gasteiger partial charge in [-0.25, -0.2) is 14.8 Å². The number of fused-ring (bicyclic) bond motifs is 1. The normalized spacial score (nSPS) is 14.2. The molecule has 2 aromatic heterocycles. The molecule has 0 aliphatic heterocycles. The summed E-state index contributed by atoms with van der Waals surface area (Å²) in [4.78, 5) is 20.3. The molecule has 1 atom stereocenters. The first kappa shape index (κ1) is 14.7. The van der Waals surface area contributed by atoms with E-state index in [1.165, 1.54) is 6.33 Å². The Labute approximate surface area is 120 Å². The smallest absolute Gasteiger partial charge is 0.346 e. The Bertz CT molecular complexity index is 652. The Kier molecular flexibility index (Phi) is 3.92. The van der Waals surface area contributed by atoms with Gasteiger partial charge in [0, 0.05) is 6.54 Å². The second-order valence-corrected chi connectivity index (χ2v) is 5.97. The van der Waals surface area contributed by atoms with Crippen LogP contribution in [0.4, 0.5) is 5.82 Å². The number of carboxylic acid groups (broad SMARTS) is 1.